The fourth-order valence-electron chi connectivity index (χ4n) is 0.965. The summed E-state index contributed by atoms with van der Waals surface area (Å²) in [5.74, 6) is 0.468. The Kier molecular flexibility index (Phi) is 1.65. The summed E-state index contributed by atoms with van der Waals surface area (Å²) in [5, 5.41) is 1.05. The summed E-state index contributed by atoms with van der Waals surface area (Å²) < 4.78 is 0. The van der Waals surface area contributed by atoms with E-state index in [2.05, 4.69) is 21.9 Å². The van der Waals surface area contributed by atoms with Gasteiger partial charge < -0.3 is 5.73 Å². The molecule has 2 heterocycles. The average molecular weight is 180 g/mol. The second kappa shape index (κ2) is 2.67. The third kappa shape index (κ3) is 1.02. The molecule has 0 aliphatic heterocycles. The Bertz CT molecular complexity index is 409. The fourth-order valence-corrected chi connectivity index (χ4v) is 1.82. The van der Waals surface area contributed by atoms with Crippen molar-refractivity contribution >= 4 is 27.5 Å². The molecule has 0 amide bonds. The van der Waals surface area contributed by atoms with Crippen molar-refractivity contribution in [2.45, 2.75) is 13.3 Å². The number of nitrogens with zero attached hydrogens (tertiary/aromatic N) is 3. The maximum atomic E-state index is 5.62. The maximum Gasteiger partial charge on any atom is 0.154 e. The van der Waals surface area contributed by atoms with E-state index in [0.29, 0.717) is 5.82 Å². The van der Waals surface area contributed by atoms with Crippen molar-refractivity contribution < 1.29 is 0 Å². The summed E-state index contributed by atoms with van der Waals surface area (Å²) in [5.41, 5.74) is 6.35. The number of aromatic nitrogens is 3. The summed E-state index contributed by atoms with van der Waals surface area (Å²) in [6, 6.07) is 0. The molecule has 0 saturated heterocycles. The van der Waals surface area contributed by atoms with E-state index in [1.54, 1.807) is 11.3 Å². The highest BCUT2D eigenvalue weighted by Gasteiger charge is 2.05. The van der Waals surface area contributed by atoms with Crippen molar-refractivity contribution in [1.82, 2.24) is 15.0 Å². The Morgan fingerprint density at radius 2 is 2.33 bits per heavy atom. The van der Waals surface area contributed by atoms with Crippen molar-refractivity contribution in [2.24, 2.45) is 0 Å². The Balaban J connectivity index is 2.74. The van der Waals surface area contributed by atoms with Crippen LogP contribution in [0.15, 0.2) is 6.33 Å². The van der Waals surface area contributed by atoms with E-state index in [4.69, 9.17) is 5.73 Å². The number of anilines is 1. The van der Waals surface area contributed by atoms with Gasteiger partial charge in [0.1, 0.15) is 16.7 Å². The van der Waals surface area contributed by atoms with Crippen LogP contribution in [0.1, 0.15) is 11.9 Å². The minimum atomic E-state index is 0.468. The number of thiazole rings is 1. The van der Waals surface area contributed by atoms with E-state index >= 15 is 0 Å². The smallest absolute Gasteiger partial charge is 0.154 e. The van der Waals surface area contributed by atoms with Crippen LogP contribution in [-0.2, 0) is 6.42 Å². The van der Waals surface area contributed by atoms with Crippen LogP contribution in [0.5, 0.6) is 0 Å². The van der Waals surface area contributed by atoms with E-state index in [9.17, 15) is 0 Å². The zero-order valence-electron chi connectivity index (χ0n) is 6.61. The molecule has 0 atom stereocenters. The number of fused-ring (bicyclic) bond motifs is 1. The molecular formula is C7H8N4S. The molecule has 2 aromatic heterocycles. The Labute approximate surface area is 73.5 Å². The normalized spacial score (nSPS) is 10.8. The van der Waals surface area contributed by atoms with Gasteiger partial charge in [0.15, 0.2) is 5.82 Å². The Morgan fingerprint density at radius 1 is 1.50 bits per heavy atom. The lowest BCUT2D eigenvalue weighted by Crippen LogP contribution is -1.91. The van der Waals surface area contributed by atoms with Crippen LogP contribution < -0.4 is 5.73 Å². The molecule has 0 unspecified atom stereocenters. The van der Waals surface area contributed by atoms with Crippen molar-refractivity contribution in [3.63, 3.8) is 0 Å². The second-order valence-corrected chi connectivity index (χ2v) is 3.44. The number of hydrogen-bond donors (Lipinski definition) is 1. The lowest BCUT2D eigenvalue weighted by atomic mass is 10.5. The van der Waals surface area contributed by atoms with Crippen molar-refractivity contribution in [3.05, 3.63) is 11.3 Å². The predicted octanol–water partition coefficient (Wildman–Crippen LogP) is 1.23. The summed E-state index contributed by atoms with van der Waals surface area (Å²) in [6.45, 7) is 2.06. The number of hydrogen-bond acceptors (Lipinski definition) is 5. The van der Waals surface area contributed by atoms with E-state index in [1.807, 2.05) is 0 Å². The van der Waals surface area contributed by atoms with Crippen LogP contribution in [0.3, 0.4) is 0 Å². The van der Waals surface area contributed by atoms with Crippen molar-refractivity contribution in [2.75, 3.05) is 5.73 Å². The van der Waals surface area contributed by atoms with E-state index < -0.39 is 0 Å². The molecule has 62 valence electrons. The van der Waals surface area contributed by atoms with Crippen LogP contribution in [0, 0.1) is 0 Å². The molecule has 0 aliphatic rings. The largest absolute Gasteiger partial charge is 0.382 e. The molecule has 0 bridgehead atoms. The van der Waals surface area contributed by atoms with Crippen molar-refractivity contribution in [1.29, 1.82) is 0 Å². The van der Waals surface area contributed by atoms with Crippen LogP contribution in [-0.4, -0.2) is 15.0 Å². The van der Waals surface area contributed by atoms with Crippen LogP contribution >= 0.6 is 11.3 Å². The van der Waals surface area contributed by atoms with E-state index in [1.165, 1.54) is 6.33 Å². The van der Waals surface area contributed by atoms with Gasteiger partial charge in [-0.1, -0.05) is 18.3 Å². The monoisotopic (exact) mass is 180 g/mol. The minimum absolute atomic E-state index is 0.468. The summed E-state index contributed by atoms with van der Waals surface area (Å²) in [6.07, 6.45) is 2.38. The van der Waals surface area contributed by atoms with E-state index in [-0.39, 0.29) is 0 Å². The van der Waals surface area contributed by atoms with Gasteiger partial charge in [0.05, 0.1) is 5.01 Å². The average Bonchev–Trinajstić information content (AvgIpc) is 2.49. The minimum Gasteiger partial charge on any atom is -0.382 e. The molecule has 0 spiro atoms. The first-order valence-corrected chi connectivity index (χ1v) is 4.48. The van der Waals surface area contributed by atoms with E-state index in [0.717, 1.165) is 21.8 Å². The SMILES string of the molecule is CCc1nc2c(N)ncnc2s1. The lowest BCUT2D eigenvalue weighted by Gasteiger charge is -1.88. The molecular weight excluding hydrogens is 172 g/mol. The summed E-state index contributed by atoms with van der Waals surface area (Å²) in [7, 11) is 0. The number of nitrogens with two attached hydrogens (primary N) is 1. The second-order valence-electron chi connectivity index (χ2n) is 2.37. The zero-order chi connectivity index (χ0) is 8.55. The zero-order valence-corrected chi connectivity index (χ0v) is 7.43. The van der Waals surface area contributed by atoms with Crippen molar-refractivity contribution in [3.8, 4) is 0 Å². The Hall–Kier alpha value is -1.23. The molecule has 2 N–H and O–H groups in total. The van der Waals surface area contributed by atoms with Crippen LogP contribution in [0.2, 0.25) is 0 Å². The lowest BCUT2D eigenvalue weighted by molar-refractivity contribution is 1.10. The van der Waals surface area contributed by atoms with Gasteiger partial charge >= 0.3 is 0 Å². The highest BCUT2D eigenvalue weighted by molar-refractivity contribution is 7.18. The van der Waals surface area contributed by atoms with Gasteiger partial charge in [0, 0.05) is 0 Å². The fraction of sp³-hybridized carbons (Fsp3) is 0.286. The van der Waals surface area contributed by atoms with Gasteiger partial charge in [0.25, 0.3) is 0 Å². The molecule has 2 rings (SSSR count). The number of nitrogen functional groups attached to an aromatic ring is 1. The van der Waals surface area contributed by atoms with Crippen LogP contribution in [0.4, 0.5) is 5.82 Å². The highest BCUT2D eigenvalue weighted by Crippen LogP contribution is 2.22. The molecule has 0 aromatic carbocycles. The number of rotatable bonds is 1. The third-order valence-corrected chi connectivity index (χ3v) is 2.68. The molecule has 0 saturated carbocycles. The first kappa shape index (κ1) is 7.42. The van der Waals surface area contributed by atoms with Gasteiger partial charge in [-0.3, -0.25) is 0 Å². The first-order valence-electron chi connectivity index (χ1n) is 3.67. The van der Waals surface area contributed by atoms with Gasteiger partial charge in [-0.2, -0.15) is 0 Å². The molecule has 0 radical (unpaired) electrons. The summed E-state index contributed by atoms with van der Waals surface area (Å²) >= 11 is 1.57. The third-order valence-electron chi connectivity index (χ3n) is 1.57. The molecule has 5 heteroatoms. The summed E-state index contributed by atoms with van der Waals surface area (Å²) in [4.78, 5) is 13.1. The molecule has 0 aliphatic carbocycles. The molecule has 4 nitrogen and oxygen atoms in total. The van der Waals surface area contributed by atoms with Gasteiger partial charge in [-0.05, 0) is 6.42 Å². The molecule has 2 aromatic rings. The molecule has 0 fully saturated rings. The Morgan fingerprint density at radius 3 is 3.00 bits per heavy atom. The maximum absolute atomic E-state index is 5.62. The first-order chi connectivity index (χ1) is 5.81. The predicted molar refractivity (Wildman–Crippen MR) is 49.0 cm³/mol. The van der Waals surface area contributed by atoms with Gasteiger partial charge in [-0.25, -0.2) is 15.0 Å². The standard InChI is InChI=1S/C7H8N4S/c1-2-4-11-5-6(8)9-3-10-7(5)12-4/h3H,2H2,1H3,(H2,8,9,10). The topological polar surface area (TPSA) is 64.7 Å². The quantitative estimate of drug-likeness (QED) is 0.716. The van der Waals surface area contributed by atoms with Gasteiger partial charge in [0.2, 0.25) is 0 Å². The van der Waals surface area contributed by atoms with Gasteiger partial charge in [-0.15, -0.1) is 0 Å². The number of aryl methyl sites for hydroxylation is 1. The molecule has 12 heavy (non-hydrogen) atoms. The highest BCUT2D eigenvalue weighted by atomic mass is 32.1. The van der Waals surface area contributed by atoms with Crippen LogP contribution in [0.25, 0.3) is 10.3 Å².